The summed E-state index contributed by atoms with van der Waals surface area (Å²) in [5.74, 6) is 0.382. The molecule has 2 fully saturated rings. The average Bonchev–Trinajstić information content (AvgIpc) is 3.40. The van der Waals surface area contributed by atoms with Gasteiger partial charge in [-0.15, -0.1) is 11.3 Å². The van der Waals surface area contributed by atoms with E-state index in [1.54, 1.807) is 17.0 Å². The molecule has 2 aromatic rings. The Bertz CT molecular complexity index is 992. The third kappa shape index (κ3) is 5.52. The summed E-state index contributed by atoms with van der Waals surface area (Å²) in [6.07, 6.45) is 1.50. The molecule has 0 spiro atoms. The second-order valence-corrected chi connectivity index (χ2v) is 9.63. The summed E-state index contributed by atoms with van der Waals surface area (Å²) in [5.41, 5.74) is 1.70. The standard InChI is InChI=1S/C22H26ClN5O3S/c1-14(24)27(16-6-7-16)11-10-25-15-2-4-17(5-3-15)28-13-18(31-22(28)30)12-26-21(29)19-8-9-20(23)32-19/h2-5,8-9,16,18,24-25H,6-7,10-13H2,1H3,(H,26,29). The number of nitrogens with zero attached hydrogens (tertiary/aromatic N) is 2. The number of thiophene rings is 1. The van der Waals surface area contributed by atoms with Crippen molar-refractivity contribution in [1.82, 2.24) is 10.2 Å². The molecule has 1 atom stereocenters. The Morgan fingerprint density at radius 1 is 1.28 bits per heavy atom. The fourth-order valence-corrected chi connectivity index (χ4v) is 4.62. The molecule has 1 aliphatic heterocycles. The Morgan fingerprint density at radius 2 is 2.03 bits per heavy atom. The highest BCUT2D eigenvalue weighted by Gasteiger charge is 2.32. The lowest BCUT2D eigenvalue weighted by atomic mass is 10.2. The van der Waals surface area contributed by atoms with E-state index in [2.05, 4.69) is 15.5 Å². The highest BCUT2D eigenvalue weighted by Crippen LogP contribution is 2.27. The van der Waals surface area contributed by atoms with Crippen LogP contribution in [0.4, 0.5) is 16.2 Å². The number of amidine groups is 1. The predicted molar refractivity (Wildman–Crippen MR) is 127 cm³/mol. The van der Waals surface area contributed by atoms with Crippen molar-refractivity contribution < 1.29 is 14.3 Å². The number of nitrogens with one attached hydrogen (secondary N) is 3. The van der Waals surface area contributed by atoms with Gasteiger partial charge >= 0.3 is 6.09 Å². The van der Waals surface area contributed by atoms with Crippen molar-refractivity contribution in [1.29, 1.82) is 5.41 Å². The van der Waals surface area contributed by atoms with Crippen LogP contribution in [-0.2, 0) is 4.74 Å². The average molecular weight is 476 g/mol. The minimum atomic E-state index is -0.425. The van der Waals surface area contributed by atoms with Crippen molar-refractivity contribution in [2.45, 2.75) is 31.9 Å². The molecule has 8 nitrogen and oxygen atoms in total. The van der Waals surface area contributed by atoms with Crippen LogP contribution in [0.15, 0.2) is 36.4 Å². The zero-order chi connectivity index (χ0) is 22.7. The number of cyclic esters (lactones) is 1. The molecule has 0 bridgehead atoms. The molecule has 1 saturated heterocycles. The van der Waals surface area contributed by atoms with E-state index in [1.807, 2.05) is 31.2 Å². The van der Waals surface area contributed by atoms with Gasteiger partial charge in [-0.1, -0.05) is 11.6 Å². The number of amides is 2. The minimum Gasteiger partial charge on any atom is -0.442 e. The van der Waals surface area contributed by atoms with Gasteiger partial charge in [0.05, 0.1) is 28.1 Å². The van der Waals surface area contributed by atoms with Gasteiger partial charge in [0, 0.05) is 30.5 Å². The quantitative estimate of drug-likeness (QED) is 0.375. The summed E-state index contributed by atoms with van der Waals surface area (Å²) in [4.78, 5) is 28.7. The molecule has 0 radical (unpaired) electrons. The third-order valence-electron chi connectivity index (χ3n) is 5.44. The number of carbonyl (C=O) groups excluding carboxylic acids is 2. The molecule has 1 aromatic heterocycles. The minimum absolute atomic E-state index is 0.231. The fourth-order valence-electron chi connectivity index (χ4n) is 3.66. The number of rotatable bonds is 9. The van der Waals surface area contributed by atoms with Crippen molar-refractivity contribution >= 4 is 52.1 Å². The second kappa shape index (κ2) is 9.79. The van der Waals surface area contributed by atoms with E-state index in [9.17, 15) is 9.59 Å². The van der Waals surface area contributed by atoms with Crippen LogP contribution in [0.2, 0.25) is 4.34 Å². The van der Waals surface area contributed by atoms with Gasteiger partial charge in [-0.25, -0.2) is 4.79 Å². The Labute approximate surface area is 196 Å². The monoisotopic (exact) mass is 475 g/mol. The van der Waals surface area contributed by atoms with Gasteiger partial charge < -0.3 is 20.3 Å². The van der Waals surface area contributed by atoms with Gasteiger partial charge in [0.2, 0.25) is 0 Å². The molecular formula is C22H26ClN5O3S. The van der Waals surface area contributed by atoms with E-state index >= 15 is 0 Å². The highest BCUT2D eigenvalue weighted by atomic mass is 35.5. The molecule has 3 N–H and O–H groups in total. The van der Waals surface area contributed by atoms with E-state index in [0.717, 1.165) is 24.5 Å². The Balaban J connectivity index is 1.25. The summed E-state index contributed by atoms with van der Waals surface area (Å²) < 4.78 is 5.95. The Morgan fingerprint density at radius 3 is 2.66 bits per heavy atom. The molecule has 2 amide bonds. The summed E-state index contributed by atoms with van der Waals surface area (Å²) in [6, 6.07) is 11.5. The lowest BCUT2D eigenvalue weighted by molar-refractivity contribution is 0.0920. The van der Waals surface area contributed by atoms with Crippen LogP contribution < -0.4 is 15.5 Å². The molecule has 170 valence electrons. The molecule has 2 heterocycles. The van der Waals surface area contributed by atoms with Crippen LogP contribution in [-0.4, -0.2) is 61.1 Å². The summed E-state index contributed by atoms with van der Waals surface area (Å²) in [5, 5.41) is 14.0. The van der Waals surface area contributed by atoms with Crippen LogP contribution in [0.5, 0.6) is 0 Å². The van der Waals surface area contributed by atoms with Crippen molar-refractivity contribution in [2.24, 2.45) is 0 Å². The number of hydrogen-bond donors (Lipinski definition) is 3. The molecular weight excluding hydrogens is 450 g/mol. The summed E-state index contributed by atoms with van der Waals surface area (Å²) >= 11 is 7.07. The molecule has 4 rings (SSSR count). The van der Waals surface area contributed by atoms with Gasteiger partial charge in [-0.2, -0.15) is 0 Å². The number of carbonyl (C=O) groups is 2. The lowest BCUT2D eigenvalue weighted by Crippen LogP contribution is -2.34. The first kappa shape index (κ1) is 22.4. The van der Waals surface area contributed by atoms with Crippen LogP contribution in [0.1, 0.15) is 29.4 Å². The maximum Gasteiger partial charge on any atom is 0.414 e. The molecule has 10 heteroatoms. The van der Waals surface area contributed by atoms with Gasteiger partial charge in [-0.3, -0.25) is 15.1 Å². The normalized spacial score (nSPS) is 17.8. The highest BCUT2D eigenvalue weighted by molar-refractivity contribution is 7.18. The van der Waals surface area contributed by atoms with E-state index in [-0.39, 0.29) is 12.5 Å². The topological polar surface area (TPSA) is 97.8 Å². The van der Waals surface area contributed by atoms with Gasteiger partial charge in [0.15, 0.2) is 0 Å². The van der Waals surface area contributed by atoms with Gasteiger partial charge in [-0.05, 0) is 56.2 Å². The Kier molecular flexibility index (Phi) is 6.86. The van der Waals surface area contributed by atoms with E-state index in [0.29, 0.717) is 27.6 Å². The zero-order valence-electron chi connectivity index (χ0n) is 17.8. The molecule has 1 aromatic carbocycles. The van der Waals surface area contributed by atoms with E-state index in [4.69, 9.17) is 21.7 Å². The molecule has 1 unspecified atom stereocenters. The molecule has 1 aliphatic carbocycles. The Hall–Kier alpha value is -2.78. The fraction of sp³-hybridized carbons (Fsp3) is 0.409. The number of hydrogen-bond acceptors (Lipinski definition) is 6. The predicted octanol–water partition coefficient (Wildman–Crippen LogP) is 4.03. The number of anilines is 2. The van der Waals surface area contributed by atoms with Crippen LogP contribution in [0.25, 0.3) is 0 Å². The van der Waals surface area contributed by atoms with Crippen LogP contribution in [0.3, 0.4) is 0 Å². The smallest absolute Gasteiger partial charge is 0.414 e. The van der Waals surface area contributed by atoms with Crippen LogP contribution >= 0.6 is 22.9 Å². The van der Waals surface area contributed by atoms with Crippen molar-refractivity contribution in [3.05, 3.63) is 45.6 Å². The first-order chi connectivity index (χ1) is 15.4. The molecule has 2 aliphatic rings. The van der Waals surface area contributed by atoms with Gasteiger partial charge in [0.1, 0.15) is 6.10 Å². The van der Waals surface area contributed by atoms with E-state index in [1.165, 1.54) is 24.2 Å². The maximum absolute atomic E-state index is 12.3. The van der Waals surface area contributed by atoms with Crippen molar-refractivity contribution in [3.8, 4) is 0 Å². The van der Waals surface area contributed by atoms with Crippen LogP contribution in [0, 0.1) is 5.41 Å². The third-order valence-corrected chi connectivity index (χ3v) is 6.67. The summed E-state index contributed by atoms with van der Waals surface area (Å²) in [6.45, 7) is 3.98. The maximum atomic E-state index is 12.3. The van der Waals surface area contributed by atoms with Crippen molar-refractivity contribution in [2.75, 3.05) is 36.4 Å². The first-order valence-electron chi connectivity index (χ1n) is 10.6. The summed E-state index contributed by atoms with van der Waals surface area (Å²) in [7, 11) is 0. The number of halogens is 1. The van der Waals surface area contributed by atoms with Crippen molar-refractivity contribution in [3.63, 3.8) is 0 Å². The molecule has 32 heavy (non-hydrogen) atoms. The number of benzene rings is 1. The molecule has 1 saturated carbocycles. The number of ether oxygens (including phenoxy) is 1. The lowest BCUT2D eigenvalue weighted by Gasteiger charge is -2.23. The SMILES string of the molecule is CC(=N)N(CCNc1ccc(N2CC(CNC(=O)c3ccc(Cl)s3)OC2=O)cc1)C1CC1. The zero-order valence-corrected chi connectivity index (χ0v) is 19.3. The first-order valence-corrected chi connectivity index (χ1v) is 11.8. The largest absolute Gasteiger partial charge is 0.442 e. The van der Waals surface area contributed by atoms with E-state index < -0.39 is 12.2 Å². The van der Waals surface area contributed by atoms with Gasteiger partial charge in [0.25, 0.3) is 5.91 Å². The second-order valence-electron chi connectivity index (χ2n) is 7.91.